The normalized spacial score (nSPS) is 48.9. The first-order chi connectivity index (χ1) is 26.1. The van der Waals surface area contributed by atoms with E-state index in [0.29, 0.717) is 46.6 Å². The van der Waals surface area contributed by atoms with Crippen molar-refractivity contribution in [3.63, 3.8) is 0 Å². The molecule has 5 aliphatic carbocycles. The number of hydrogen-bond donors (Lipinski definition) is 1. The molecule has 14 atom stereocenters. The van der Waals surface area contributed by atoms with E-state index in [4.69, 9.17) is 18.9 Å². The van der Waals surface area contributed by atoms with Gasteiger partial charge >= 0.3 is 6.09 Å². The lowest BCUT2D eigenvalue weighted by Crippen LogP contribution is -2.60. The molecular weight excluding hydrogens is 691 g/mol. The third kappa shape index (κ3) is 5.75. The molecule has 312 valence electrons. The monoisotopic (exact) mass is 768 g/mol. The summed E-state index contributed by atoms with van der Waals surface area (Å²) in [7, 11) is 0. The lowest BCUT2D eigenvalue weighted by molar-refractivity contribution is -0.251. The maximum absolute atomic E-state index is 13.0. The van der Waals surface area contributed by atoms with E-state index in [0.717, 1.165) is 52.0 Å². The number of morpholine rings is 1. The van der Waals surface area contributed by atoms with Gasteiger partial charge in [-0.05, 0) is 149 Å². The zero-order chi connectivity index (χ0) is 38.9. The SMILES string of the molecule is CC(C)[C@@H](OC(=O)N1CCC1)C1C[C@@H](C)[C@H]2C(O1)[C@H](O)[C@@]1(C)C3CC[C@H]4C(C)(C)[C@@H](O[C@H]5CN(C6CCN(C(C)C)CC6)CCO5)CC[C@@]45C[C@@]35CC[C@]21C. The molecule has 1 N–H and O–H groups in total. The number of carbonyl (C=O) groups is 1. The van der Waals surface area contributed by atoms with E-state index in [-0.39, 0.29) is 59.0 Å². The number of nitrogens with zero attached hydrogens (tertiary/aromatic N) is 3. The zero-order valence-corrected chi connectivity index (χ0v) is 36.1. The lowest BCUT2D eigenvalue weighted by Gasteiger charge is -2.64. The Labute approximate surface area is 333 Å². The van der Waals surface area contributed by atoms with Crippen molar-refractivity contribution in [3.8, 4) is 0 Å². The second kappa shape index (κ2) is 13.8. The van der Waals surface area contributed by atoms with Crippen LogP contribution in [0.25, 0.3) is 0 Å². The summed E-state index contributed by atoms with van der Waals surface area (Å²) in [5.74, 6) is 1.99. The number of likely N-dealkylation sites (tertiary alicyclic amines) is 2. The second-order valence-electron chi connectivity index (χ2n) is 22.3. The standard InChI is InChI=1S/C46H77N3O6/c1-28(2)38(55-41(51)48-19-10-20-48)32-25-30(5)37-39(53-32)40(50)44(9)34-12-11-33-42(6,7)35(13-16-45(33)27-46(34,45)18-17-43(37,44)8)54-36-26-49(23-24-52-36)31-14-21-47(22-15-31)29(3)4/h28-40,50H,10-27H2,1-9H3/t30-,32?,33+,34?,35+,36+,37+,38-,39?,40+,43-,44-,45-,46+/m1/s1. The quantitative estimate of drug-likeness (QED) is 0.284. The van der Waals surface area contributed by atoms with E-state index >= 15 is 0 Å². The Morgan fingerprint density at radius 3 is 2.25 bits per heavy atom. The highest BCUT2D eigenvalue weighted by Crippen LogP contribution is 2.89. The maximum atomic E-state index is 13.0. The van der Waals surface area contributed by atoms with Crippen molar-refractivity contribution >= 4 is 6.09 Å². The van der Waals surface area contributed by atoms with E-state index in [9.17, 15) is 9.90 Å². The van der Waals surface area contributed by atoms with Crippen LogP contribution in [0.15, 0.2) is 0 Å². The second-order valence-corrected chi connectivity index (χ2v) is 22.3. The van der Waals surface area contributed by atoms with Crippen molar-refractivity contribution in [2.24, 2.45) is 56.7 Å². The molecule has 9 heteroatoms. The average molecular weight is 768 g/mol. The largest absolute Gasteiger partial charge is 0.443 e. The molecule has 9 rings (SSSR count). The summed E-state index contributed by atoms with van der Waals surface area (Å²) >= 11 is 0. The Kier molecular flexibility index (Phi) is 9.90. The van der Waals surface area contributed by atoms with Crippen LogP contribution in [0.4, 0.5) is 4.79 Å². The van der Waals surface area contributed by atoms with Crippen LogP contribution in [-0.2, 0) is 18.9 Å². The van der Waals surface area contributed by atoms with Gasteiger partial charge in [0.2, 0.25) is 0 Å². The number of fused-ring (bicyclic) bond motifs is 4. The number of rotatable bonds is 7. The number of ether oxygens (including phenoxy) is 4. The topological polar surface area (TPSA) is 83.9 Å². The fraction of sp³-hybridized carbons (Fsp3) is 0.978. The predicted molar refractivity (Wildman–Crippen MR) is 213 cm³/mol. The van der Waals surface area contributed by atoms with E-state index in [1.165, 1.54) is 64.5 Å². The summed E-state index contributed by atoms with van der Waals surface area (Å²) in [5, 5.41) is 12.8. The van der Waals surface area contributed by atoms with Gasteiger partial charge in [0.1, 0.15) is 6.10 Å². The van der Waals surface area contributed by atoms with Gasteiger partial charge in [0.25, 0.3) is 0 Å². The van der Waals surface area contributed by atoms with Gasteiger partial charge < -0.3 is 33.9 Å². The fourth-order valence-electron chi connectivity index (χ4n) is 16.1. The van der Waals surface area contributed by atoms with E-state index in [1.807, 2.05) is 4.90 Å². The summed E-state index contributed by atoms with van der Waals surface area (Å²) < 4.78 is 26.8. The molecule has 9 fully saturated rings. The molecule has 1 amide bonds. The summed E-state index contributed by atoms with van der Waals surface area (Å²) in [5.41, 5.74) is 0.543. The van der Waals surface area contributed by atoms with Crippen LogP contribution in [0.3, 0.4) is 0 Å². The minimum atomic E-state index is -0.514. The van der Waals surface area contributed by atoms with Crippen molar-refractivity contribution in [2.45, 2.75) is 182 Å². The Balaban J connectivity index is 0.894. The molecule has 0 aromatic rings. The van der Waals surface area contributed by atoms with Crippen LogP contribution in [0.5, 0.6) is 0 Å². The first-order valence-corrected chi connectivity index (χ1v) is 23.1. The Hall–Kier alpha value is -0.970. The summed E-state index contributed by atoms with van der Waals surface area (Å²) in [6.07, 6.45) is 11.6. The summed E-state index contributed by atoms with van der Waals surface area (Å²) in [6.45, 7) is 28.1. The van der Waals surface area contributed by atoms with Crippen LogP contribution in [0.2, 0.25) is 0 Å². The zero-order valence-electron chi connectivity index (χ0n) is 36.1. The van der Waals surface area contributed by atoms with Crippen LogP contribution < -0.4 is 0 Å². The van der Waals surface area contributed by atoms with Crippen LogP contribution in [-0.4, -0.2) is 121 Å². The van der Waals surface area contributed by atoms with Crippen LogP contribution >= 0.6 is 0 Å². The summed E-state index contributed by atoms with van der Waals surface area (Å²) in [4.78, 5) is 20.1. The van der Waals surface area contributed by atoms with Gasteiger partial charge in [-0.25, -0.2) is 4.79 Å². The Morgan fingerprint density at radius 2 is 1.58 bits per heavy atom. The molecule has 0 aromatic heterocycles. The third-order valence-corrected chi connectivity index (χ3v) is 19.3. The summed E-state index contributed by atoms with van der Waals surface area (Å²) in [6, 6.07) is 1.28. The molecule has 5 saturated carbocycles. The molecule has 0 radical (unpaired) electrons. The molecule has 2 spiro atoms. The molecule has 0 aromatic carbocycles. The highest BCUT2D eigenvalue weighted by molar-refractivity contribution is 5.68. The van der Waals surface area contributed by atoms with Gasteiger partial charge in [-0.3, -0.25) is 4.90 Å². The van der Waals surface area contributed by atoms with E-state index < -0.39 is 6.10 Å². The number of amides is 1. The molecule has 4 heterocycles. The van der Waals surface area contributed by atoms with Gasteiger partial charge in [-0.2, -0.15) is 0 Å². The Bertz CT molecular complexity index is 1450. The van der Waals surface area contributed by atoms with Gasteiger partial charge in [0.05, 0.1) is 31.0 Å². The molecule has 55 heavy (non-hydrogen) atoms. The number of hydrogen-bond acceptors (Lipinski definition) is 8. The minimum Gasteiger partial charge on any atom is -0.443 e. The predicted octanol–water partition coefficient (Wildman–Crippen LogP) is 7.58. The van der Waals surface area contributed by atoms with Crippen molar-refractivity contribution in [1.29, 1.82) is 0 Å². The number of aliphatic hydroxyl groups is 1. The Morgan fingerprint density at radius 1 is 0.873 bits per heavy atom. The molecule has 9 aliphatic rings. The third-order valence-electron chi connectivity index (χ3n) is 19.3. The number of aliphatic hydroxyl groups excluding tert-OH is 1. The van der Waals surface area contributed by atoms with E-state index in [1.54, 1.807) is 0 Å². The molecule has 4 aliphatic heterocycles. The number of carbonyl (C=O) groups excluding carboxylic acids is 1. The van der Waals surface area contributed by atoms with Crippen molar-refractivity contribution < 1.29 is 28.8 Å². The van der Waals surface area contributed by atoms with Crippen molar-refractivity contribution in [3.05, 3.63) is 0 Å². The molecule has 3 unspecified atom stereocenters. The average Bonchev–Trinajstić information content (AvgIpc) is 3.75. The van der Waals surface area contributed by atoms with Gasteiger partial charge in [-0.1, -0.05) is 48.5 Å². The highest BCUT2D eigenvalue weighted by Gasteiger charge is 2.84. The van der Waals surface area contributed by atoms with Crippen molar-refractivity contribution in [1.82, 2.24) is 14.7 Å². The van der Waals surface area contributed by atoms with Gasteiger partial charge in [-0.15, -0.1) is 0 Å². The van der Waals surface area contributed by atoms with Gasteiger partial charge in [0, 0.05) is 43.7 Å². The molecular formula is C46H77N3O6. The van der Waals surface area contributed by atoms with Crippen LogP contribution in [0.1, 0.15) is 133 Å². The fourth-order valence-corrected chi connectivity index (χ4v) is 16.1. The molecule has 0 bridgehead atoms. The number of piperidine rings is 1. The molecule has 9 nitrogen and oxygen atoms in total. The first kappa shape index (κ1) is 39.5. The minimum absolute atomic E-state index is 0.0150. The smallest absolute Gasteiger partial charge is 0.410 e. The highest BCUT2D eigenvalue weighted by atomic mass is 16.7. The maximum Gasteiger partial charge on any atom is 0.410 e. The van der Waals surface area contributed by atoms with Crippen LogP contribution in [0, 0.1) is 56.7 Å². The lowest BCUT2D eigenvalue weighted by atomic mass is 9.41. The molecule has 4 saturated heterocycles. The first-order valence-electron chi connectivity index (χ1n) is 23.1. The van der Waals surface area contributed by atoms with Crippen molar-refractivity contribution in [2.75, 3.05) is 45.9 Å². The van der Waals surface area contributed by atoms with Gasteiger partial charge in [0.15, 0.2) is 6.29 Å². The van der Waals surface area contributed by atoms with E-state index in [2.05, 4.69) is 72.1 Å².